The predicted molar refractivity (Wildman–Crippen MR) is 91.0 cm³/mol. The highest BCUT2D eigenvalue weighted by Gasteiger charge is 2.24. The van der Waals surface area contributed by atoms with E-state index in [-0.39, 0.29) is 5.41 Å². The molecule has 1 fully saturated rings. The highest BCUT2D eigenvalue weighted by atomic mass is 15.2. The number of rotatable bonds is 5. The summed E-state index contributed by atoms with van der Waals surface area (Å²) in [5.74, 6) is 1.17. The fourth-order valence-corrected chi connectivity index (χ4v) is 2.89. The molecule has 2 heterocycles. The Labute approximate surface area is 130 Å². The third kappa shape index (κ3) is 4.19. The number of pyridine rings is 1. The van der Waals surface area contributed by atoms with Crippen LogP contribution in [0.5, 0.6) is 0 Å². The molecule has 0 radical (unpaired) electrons. The van der Waals surface area contributed by atoms with E-state index in [1.54, 1.807) is 0 Å². The van der Waals surface area contributed by atoms with Crippen molar-refractivity contribution in [1.29, 1.82) is 0 Å². The van der Waals surface area contributed by atoms with Crippen molar-refractivity contribution in [3.8, 4) is 0 Å². The van der Waals surface area contributed by atoms with Gasteiger partial charge in [-0.05, 0) is 50.4 Å². The Morgan fingerprint density at radius 3 is 2.67 bits per heavy atom. The van der Waals surface area contributed by atoms with Crippen LogP contribution in [0.15, 0.2) is 12.1 Å². The van der Waals surface area contributed by atoms with Gasteiger partial charge < -0.3 is 10.2 Å². The van der Waals surface area contributed by atoms with Crippen LogP contribution in [0.3, 0.4) is 0 Å². The molecule has 2 rings (SSSR count). The van der Waals surface area contributed by atoms with E-state index in [0.717, 1.165) is 19.6 Å². The van der Waals surface area contributed by atoms with E-state index in [2.05, 4.69) is 57.0 Å². The summed E-state index contributed by atoms with van der Waals surface area (Å²) in [7, 11) is 0. The number of hydrogen-bond acceptors (Lipinski definition) is 3. The van der Waals surface area contributed by atoms with Crippen LogP contribution in [-0.2, 0) is 12.0 Å². The SMILES string of the molecule is CCCNCc1cc(N2CCCC2C)nc(C(C)(C)C)c1. The number of hydrogen-bond donors (Lipinski definition) is 1. The van der Waals surface area contributed by atoms with Crippen LogP contribution in [-0.4, -0.2) is 24.1 Å². The third-order valence-electron chi connectivity index (χ3n) is 4.24. The Hall–Kier alpha value is -1.09. The first-order valence-electron chi connectivity index (χ1n) is 8.40. The summed E-state index contributed by atoms with van der Waals surface area (Å²) in [4.78, 5) is 7.43. The fraction of sp³-hybridized carbons (Fsp3) is 0.722. The van der Waals surface area contributed by atoms with Gasteiger partial charge in [-0.15, -0.1) is 0 Å². The van der Waals surface area contributed by atoms with Gasteiger partial charge in [-0.25, -0.2) is 4.98 Å². The normalized spacial score (nSPS) is 19.3. The van der Waals surface area contributed by atoms with Crippen molar-refractivity contribution in [2.45, 2.75) is 71.9 Å². The fourth-order valence-electron chi connectivity index (χ4n) is 2.89. The van der Waals surface area contributed by atoms with E-state index in [1.165, 1.54) is 36.3 Å². The average molecular weight is 289 g/mol. The molecular weight excluding hydrogens is 258 g/mol. The van der Waals surface area contributed by atoms with Crippen molar-refractivity contribution in [2.24, 2.45) is 0 Å². The van der Waals surface area contributed by atoms with Crippen molar-refractivity contribution in [3.05, 3.63) is 23.4 Å². The molecule has 1 aromatic heterocycles. The lowest BCUT2D eigenvalue weighted by Gasteiger charge is -2.26. The summed E-state index contributed by atoms with van der Waals surface area (Å²) >= 11 is 0. The lowest BCUT2D eigenvalue weighted by atomic mass is 9.90. The molecule has 0 aliphatic carbocycles. The molecule has 118 valence electrons. The molecule has 0 bridgehead atoms. The van der Waals surface area contributed by atoms with Crippen molar-refractivity contribution in [2.75, 3.05) is 18.0 Å². The molecule has 0 amide bonds. The molecule has 1 N–H and O–H groups in total. The van der Waals surface area contributed by atoms with E-state index in [9.17, 15) is 0 Å². The highest BCUT2D eigenvalue weighted by molar-refractivity contribution is 5.45. The Bertz CT molecular complexity index is 462. The van der Waals surface area contributed by atoms with Gasteiger partial charge in [-0.1, -0.05) is 27.7 Å². The molecular formula is C18H31N3. The molecule has 3 heteroatoms. The minimum absolute atomic E-state index is 0.0957. The molecule has 1 aliphatic heterocycles. The number of anilines is 1. The van der Waals surface area contributed by atoms with Crippen LogP contribution < -0.4 is 10.2 Å². The Morgan fingerprint density at radius 1 is 1.33 bits per heavy atom. The van der Waals surface area contributed by atoms with Gasteiger partial charge in [0.05, 0.1) is 0 Å². The highest BCUT2D eigenvalue weighted by Crippen LogP contribution is 2.28. The predicted octanol–water partition coefficient (Wildman–Crippen LogP) is 3.87. The summed E-state index contributed by atoms with van der Waals surface area (Å²) in [5, 5.41) is 3.51. The summed E-state index contributed by atoms with van der Waals surface area (Å²) in [6, 6.07) is 5.16. The lowest BCUT2D eigenvalue weighted by molar-refractivity contribution is 0.564. The quantitative estimate of drug-likeness (QED) is 0.834. The average Bonchev–Trinajstić information content (AvgIpc) is 2.84. The summed E-state index contributed by atoms with van der Waals surface area (Å²) in [5.41, 5.74) is 2.66. The minimum Gasteiger partial charge on any atom is -0.354 e. The number of nitrogens with one attached hydrogen (secondary N) is 1. The van der Waals surface area contributed by atoms with Crippen molar-refractivity contribution < 1.29 is 0 Å². The standard InChI is InChI=1S/C18H31N3/c1-6-9-19-13-15-11-16(18(3,4)5)20-17(12-15)21-10-7-8-14(21)2/h11-12,14,19H,6-10,13H2,1-5H3. The van der Waals surface area contributed by atoms with Crippen LogP contribution >= 0.6 is 0 Å². The van der Waals surface area contributed by atoms with E-state index in [4.69, 9.17) is 4.98 Å². The van der Waals surface area contributed by atoms with Gasteiger partial charge in [0.25, 0.3) is 0 Å². The third-order valence-corrected chi connectivity index (χ3v) is 4.24. The molecule has 0 aromatic carbocycles. The van der Waals surface area contributed by atoms with Crippen LogP contribution in [0.1, 0.15) is 65.1 Å². The van der Waals surface area contributed by atoms with Gasteiger partial charge in [-0.3, -0.25) is 0 Å². The second-order valence-corrected chi connectivity index (χ2v) is 7.33. The molecule has 1 atom stereocenters. The topological polar surface area (TPSA) is 28.2 Å². The van der Waals surface area contributed by atoms with Crippen LogP contribution in [0, 0.1) is 0 Å². The Morgan fingerprint density at radius 2 is 2.10 bits per heavy atom. The first-order valence-corrected chi connectivity index (χ1v) is 8.40. The van der Waals surface area contributed by atoms with Crippen molar-refractivity contribution in [3.63, 3.8) is 0 Å². The van der Waals surface area contributed by atoms with E-state index in [0.29, 0.717) is 6.04 Å². The lowest BCUT2D eigenvalue weighted by Crippen LogP contribution is -2.29. The summed E-state index contributed by atoms with van der Waals surface area (Å²) in [6.45, 7) is 14.4. The monoisotopic (exact) mass is 289 g/mol. The van der Waals surface area contributed by atoms with Gasteiger partial charge >= 0.3 is 0 Å². The molecule has 1 aromatic rings. The second-order valence-electron chi connectivity index (χ2n) is 7.33. The first-order chi connectivity index (χ1) is 9.91. The summed E-state index contributed by atoms with van der Waals surface area (Å²) < 4.78 is 0. The van der Waals surface area contributed by atoms with Gasteiger partial charge in [0.1, 0.15) is 5.82 Å². The van der Waals surface area contributed by atoms with E-state index in [1.807, 2.05) is 0 Å². The molecule has 1 aliphatic rings. The Balaban J connectivity index is 2.28. The van der Waals surface area contributed by atoms with Crippen LogP contribution in [0.4, 0.5) is 5.82 Å². The van der Waals surface area contributed by atoms with Crippen LogP contribution in [0.25, 0.3) is 0 Å². The van der Waals surface area contributed by atoms with Crippen LogP contribution in [0.2, 0.25) is 0 Å². The van der Waals surface area contributed by atoms with E-state index < -0.39 is 0 Å². The largest absolute Gasteiger partial charge is 0.354 e. The maximum atomic E-state index is 4.96. The van der Waals surface area contributed by atoms with Gasteiger partial charge in [-0.2, -0.15) is 0 Å². The van der Waals surface area contributed by atoms with Gasteiger partial charge in [0, 0.05) is 30.2 Å². The molecule has 1 saturated heterocycles. The molecule has 1 unspecified atom stereocenters. The van der Waals surface area contributed by atoms with Crippen molar-refractivity contribution in [1.82, 2.24) is 10.3 Å². The zero-order chi connectivity index (χ0) is 15.5. The van der Waals surface area contributed by atoms with Gasteiger partial charge in [0.15, 0.2) is 0 Å². The second kappa shape index (κ2) is 6.78. The molecule has 0 spiro atoms. The van der Waals surface area contributed by atoms with Gasteiger partial charge in [0.2, 0.25) is 0 Å². The molecule has 3 nitrogen and oxygen atoms in total. The minimum atomic E-state index is 0.0957. The molecule has 21 heavy (non-hydrogen) atoms. The number of nitrogens with zero attached hydrogens (tertiary/aromatic N) is 2. The smallest absolute Gasteiger partial charge is 0.129 e. The zero-order valence-electron chi connectivity index (χ0n) is 14.4. The molecule has 0 saturated carbocycles. The first kappa shape index (κ1) is 16.3. The maximum Gasteiger partial charge on any atom is 0.129 e. The summed E-state index contributed by atoms with van der Waals surface area (Å²) in [6.07, 6.45) is 3.74. The maximum absolute atomic E-state index is 4.96. The zero-order valence-corrected chi connectivity index (χ0v) is 14.4. The number of aromatic nitrogens is 1. The Kier molecular flexibility index (Phi) is 5.26. The van der Waals surface area contributed by atoms with E-state index >= 15 is 0 Å². The van der Waals surface area contributed by atoms with Crippen molar-refractivity contribution >= 4 is 5.82 Å².